The highest BCUT2D eigenvalue weighted by molar-refractivity contribution is 5.71. The van der Waals surface area contributed by atoms with E-state index in [0.29, 0.717) is 12.3 Å². The molecular weight excluding hydrogens is 306 g/mol. The van der Waals surface area contributed by atoms with Gasteiger partial charge in [-0.1, -0.05) is 34.1 Å². The topological polar surface area (TPSA) is 122 Å². The van der Waals surface area contributed by atoms with Gasteiger partial charge in [-0.25, -0.2) is 4.79 Å². The van der Waals surface area contributed by atoms with Crippen LogP contribution >= 0.6 is 0 Å². The fraction of sp³-hybridized carbons (Fsp3) is 0.800. The van der Waals surface area contributed by atoms with E-state index in [1.165, 1.54) is 0 Å². The molecular formula is C15H29NO7. The van der Waals surface area contributed by atoms with Crippen LogP contribution in [0.1, 0.15) is 47.0 Å². The van der Waals surface area contributed by atoms with Crippen molar-refractivity contribution in [1.82, 2.24) is 5.32 Å². The Kier molecular flexibility index (Phi) is 14.1. The molecule has 0 atom stereocenters. The Hall–Kier alpha value is -1.83. The Bertz CT molecular complexity index is 356. The van der Waals surface area contributed by atoms with E-state index in [1.54, 1.807) is 13.8 Å². The number of alkyl carbamates (subject to hydrolysis) is 1. The fourth-order valence-corrected chi connectivity index (χ4v) is 1.40. The van der Waals surface area contributed by atoms with Crippen molar-refractivity contribution in [3.63, 3.8) is 0 Å². The maximum atomic E-state index is 11.3. The molecule has 1 amide bonds. The van der Waals surface area contributed by atoms with E-state index in [4.69, 9.17) is 14.2 Å². The lowest BCUT2D eigenvalue weighted by Crippen LogP contribution is -2.29. The quantitative estimate of drug-likeness (QED) is 0.279. The summed E-state index contributed by atoms with van der Waals surface area (Å²) < 4.78 is 14.4. The number of nitrogens with one attached hydrogen (secondary N) is 1. The van der Waals surface area contributed by atoms with Gasteiger partial charge in [-0.15, -0.1) is 0 Å². The molecule has 0 rings (SSSR count). The second-order valence-electron chi connectivity index (χ2n) is 5.58. The lowest BCUT2D eigenvalue weighted by atomic mass is 10.1. The van der Waals surface area contributed by atoms with Crippen LogP contribution in [-0.4, -0.2) is 43.5 Å². The van der Waals surface area contributed by atoms with Gasteiger partial charge < -0.3 is 19.7 Å². The summed E-state index contributed by atoms with van der Waals surface area (Å²) in [7, 11) is 0. The first-order valence-electron chi connectivity index (χ1n) is 7.55. The third-order valence-electron chi connectivity index (χ3n) is 2.64. The van der Waals surface area contributed by atoms with Crippen LogP contribution in [0.25, 0.3) is 0 Å². The molecule has 0 spiro atoms. The number of hydrogen-bond acceptors (Lipinski definition) is 6. The first-order chi connectivity index (χ1) is 10.3. The highest BCUT2D eigenvalue weighted by Gasteiger charge is 2.09. The van der Waals surface area contributed by atoms with E-state index in [2.05, 4.69) is 19.2 Å². The summed E-state index contributed by atoms with van der Waals surface area (Å²) in [4.78, 5) is 33.7. The van der Waals surface area contributed by atoms with Crippen LogP contribution in [0.3, 0.4) is 0 Å². The molecule has 0 aliphatic carbocycles. The number of ether oxygens (including phenoxy) is 3. The Labute approximate surface area is 137 Å². The minimum absolute atomic E-state index is 0. The molecule has 0 aliphatic rings. The summed E-state index contributed by atoms with van der Waals surface area (Å²) in [5, 5.41) is 2.28. The van der Waals surface area contributed by atoms with Gasteiger partial charge in [-0.2, -0.15) is 0 Å². The lowest BCUT2D eigenvalue weighted by molar-refractivity contribution is -0.148. The van der Waals surface area contributed by atoms with Gasteiger partial charge >= 0.3 is 18.0 Å². The Morgan fingerprint density at radius 1 is 0.957 bits per heavy atom. The van der Waals surface area contributed by atoms with Gasteiger partial charge in [-0.3, -0.25) is 14.9 Å². The van der Waals surface area contributed by atoms with Crippen molar-refractivity contribution in [3.05, 3.63) is 0 Å². The molecule has 8 nitrogen and oxygen atoms in total. The van der Waals surface area contributed by atoms with E-state index < -0.39 is 6.09 Å². The summed E-state index contributed by atoms with van der Waals surface area (Å²) in [6, 6.07) is 0. The van der Waals surface area contributed by atoms with E-state index in [9.17, 15) is 14.4 Å². The van der Waals surface area contributed by atoms with Gasteiger partial charge in [0.1, 0.15) is 13.2 Å². The zero-order valence-corrected chi connectivity index (χ0v) is 14.3. The van der Waals surface area contributed by atoms with Crippen LogP contribution in [-0.2, 0) is 23.8 Å². The molecule has 0 saturated heterocycles. The van der Waals surface area contributed by atoms with Crippen molar-refractivity contribution in [2.24, 2.45) is 11.8 Å². The van der Waals surface area contributed by atoms with E-state index in [0.717, 1.165) is 12.8 Å². The molecule has 0 aromatic rings. The number of amides is 1. The normalized spacial score (nSPS) is 10.0. The summed E-state index contributed by atoms with van der Waals surface area (Å²) in [5.74, 6) is -0.374. The average molecular weight is 335 g/mol. The first kappa shape index (κ1) is 23.4. The van der Waals surface area contributed by atoms with E-state index in [-0.39, 0.29) is 43.3 Å². The van der Waals surface area contributed by atoms with Crippen molar-refractivity contribution in [2.75, 3.05) is 19.9 Å². The second-order valence-corrected chi connectivity index (χ2v) is 5.58. The number of esters is 2. The van der Waals surface area contributed by atoms with Gasteiger partial charge in [0.05, 0.1) is 5.92 Å². The number of rotatable bonds is 10. The third kappa shape index (κ3) is 14.9. The SMILES string of the molecule is CC(C)CCCC(=O)OCNC(=O)OCCOC(=O)C(C)C.O. The molecule has 8 heteroatoms. The zero-order valence-electron chi connectivity index (χ0n) is 14.3. The van der Waals surface area contributed by atoms with Crippen molar-refractivity contribution in [3.8, 4) is 0 Å². The fourth-order valence-electron chi connectivity index (χ4n) is 1.40. The van der Waals surface area contributed by atoms with Gasteiger partial charge in [0.25, 0.3) is 0 Å². The standard InChI is InChI=1S/C15H27NO6.H2O/c1-11(2)6-5-7-13(17)22-10-16-15(19)21-9-8-20-14(18)12(3)4;/h11-12H,5-10H2,1-4H3,(H,16,19);1H2. The molecule has 23 heavy (non-hydrogen) atoms. The van der Waals surface area contributed by atoms with Crippen LogP contribution in [0.15, 0.2) is 0 Å². The predicted molar refractivity (Wildman–Crippen MR) is 83.5 cm³/mol. The molecule has 0 saturated carbocycles. The second kappa shape index (κ2) is 13.8. The van der Waals surface area contributed by atoms with E-state index in [1.807, 2.05) is 0 Å². The van der Waals surface area contributed by atoms with Crippen LogP contribution in [0, 0.1) is 11.8 Å². The largest absolute Gasteiger partial charge is 0.462 e. The lowest BCUT2D eigenvalue weighted by Gasteiger charge is -2.09. The molecule has 0 aromatic heterocycles. The summed E-state index contributed by atoms with van der Waals surface area (Å²) >= 11 is 0. The molecule has 3 N–H and O–H groups in total. The number of carbonyl (C=O) groups is 3. The molecule has 0 fully saturated rings. The van der Waals surface area contributed by atoms with Crippen LogP contribution in [0.5, 0.6) is 0 Å². The van der Waals surface area contributed by atoms with Gasteiger partial charge in [0.15, 0.2) is 6.73 Å². The predicted octanol–water partition coefficient (Wildman–Crippen LogP) is 1.41. The maximum Gasteiger partial charge on any atom is 0.409 e. The van der Waals surface area contributed by atoms with Gasteiger partial charge in [-0.05, 0) is 12.3 Å². The molecule has 0 aromatic carbocycles. The molecule has 136 valence electrons. The summed E-state index contributed by atoms with van der Waals surface area (Å²) in [6.45, 7) is 7.32. The number of carbonyl (C=O) groups excluding carboxylic acids is 3. The molecule has 0 heterocycles. The third-order valence-corrected chi connectivity index (χ3v) is 2.64. The van der Waals surface area contributed by atoms with Crippen LogP contribution in [0.2, 0.25) is 0 Å². The maximum absolute atomic E-state index is 11.3. The summed E-state index contributed by atoms with van der Waals surface area (Å²) in [5.41, 5.74) is 0. The Balaban J connectivity index is 0. The Morgan fingerprint density at radius 3 is 2.13 bits per heavy atom. The van der Waals surface area contributed by atoms with Gasteiger partial charge in [0.2, 0.25) is 0 Å². The van der Waals surface area contributed by atoms with Crippen LogP contribution in [0.4, 0.5) is 4.79 Å². The first-order valence-corrected chi connectivity index (χ1v) is 7.55. The monoisotopic (exact) mass is 335 g/mol. The molecule has 0 radical (unpaired) electrons. The van der Waals surface area contributed by atoms with Crippen LogP contribution < -0.4 is 5.32 Å². The smallest absolute Gasteiger partial charge is 0.409 e. The van der Waals surface area contributed by atoms with Crippen molar-refractivity contribution in [1.29, 1.82) is 0 Å². The molecule has 0 aliphatic heterocycles. The average Bonchev–Trinajstić information content (AvgIpc) is 2.42. The highest BCUT2D eigenvalue weighted by Crippen LogP contribution is 2.06. The summed E-state index contributed by atoms with van der Waals surface area (Å²) in [6.07, 6.45) is 1.33. The van der Waals surface area contributed by atoms with Crippen molar-refractivity contribution in [2.45, 2.75) is 47.0 Å². The minimum Gasteiger partial charge on any atom is -0.462 e. The van der Waals surface area contributed by atoms with Gasteiger partial charge in [0, 0.05) is 6.42 Å². The minimum atomic E-state index is -0.726. The van der Waals surface area contributed by atoms with Crippen molar-refractivity contribution >= 4 is 18.0 Å². The molecule has 0 unspecified atom stereocenters. The van der Waals surface area contributed by atoms with E-state index >= 15 is 0 Å². The zero-order chi connectivity index (χ0) is 17.0. The Morgan fingerprint density at radius 2 is 1.57 bits per heavy atom. The molecule has 0 bridgehead atoms. The number of hydrogen-bond donors (Lipinski definition) is 1. The van der Waals surface area contributed by atoms with Crippen molar-refractivity contribution < 1.29 is 34.1 Å². The highest BCUT2D eigenvalue weighted by atomic mass is 16.6.